The molecule has 0 atom stereocenters. The van der Waals surface area contributed by atoms with E-state index in [2.05, 4.69) is 36.7 Å². The van der Waals surface area contributed by atoms with Crippen molar-refractivity contribution in [3.8, 4) is 0 Å². The predicted molar refractivity (Wildman–Crippen MR) is 111 cm³/mol. The van der Waals surface area contributed by atoms with Crippen LogP contribution in [-0.2, 0) is 0 Å². The minimum absolute atomic E-state index is 0. The lowest BCUT2D eigenvalue weighted by Crippen LogP contribution is -3.00. The average Bonchev–Trinajstić information content (AvgIpc) is 2.56. The Morgan fingerprint density at radius 3 is 1.21 bits per heavy atom. The zero-order chi connectivity index (χ0) is 17.2. The van der Waals surface area contributed by atoms with Gasteiger partial charge in [0.1, 0.15) is 0 Å². The molecular weight excluding hydrogens is 473 g/mol. The molecule has 0 aromatic rings. The third-order valence-corrected chi connectivity index (χ3v) is 5.78. The molecule has 0 rings (SSSR count). The maximum Gasteiger partial charge on any atom is 0.0786 e. The third-order valence-electron chi connectivity index (χ3n) is 5.22. The van der Waals surface area contributed by atoms with Gasteiger partial charge in [-0.05, 0) is 51.4 Å². The van der Waals surface area contributed by atoms with E-state index < -0.39 is 0 Å². The molecule has 0 aliphatic rings. The Labute approximate surface area is 179 Å². The molecule has 0 bridgehead atoms. The number of nitrogens with zero attached hydrogens (tertiary/aromatic N) is 1. The number of alkyl halides is 1. The van der Waals surface area contributed by atoms with Crippen LogP contribution < -0.4 is 24.0 Å². The van der Waals surface area contributed by atoms with Crippen molar-refractivity contribution in [2.24, 2.45) is 0 Å². The fourth-order valence-corrected chi connectivity index (χ4v) is 4.05. The van der Waals surface area contributed by atoms with Crippen molar-refractivity contribution in [2.75, 3.05) is 31.5 Å². The number of quaternary nitrogens is 1. The van der Waals surface area contributed by atoms with Crippen LogP contribution in [0.3, 0.4) is 0 Å². The summed E-state index contributed by atoms with van der Waals surface area (Å²) in [5.74, 6) is 0. The summed E-state index contributed by atoms with van der Waals surface area (Å²) in [5.41, 5.74) is 0. The molecule has 1 nitrogen and oxygen atoms in total. The van der Waals surface area contributed by atoms with Gasteiger partial charge in [0.05, 0.1) is 26.2 Å². The van der Waals surface area contributed by atoms with Gasteiger partial charge in [0.15, 0.2) is 0 Å². The van der Waals surface area contributed by atoms with Crippen LogP contribution in [0.25, 0.3) is 0 Å². The van der Waals surface area contributed by atoms with Crippen molar-refractivity contribution in [1.29, 1.82) is 0 Å². The molecule has 3 heteroatoms. The van der Waals surface area contributed by atoms with Gasteiger partial charge >= 0.3 is 0 Å². The number of rotatable bonds is 18. The molecule has 0 unspecified atom stereocenters. The molecule has 0 heterocycles. The van der Waals surface area contributed by atoms with Crippen molar-refractivity contribution in [3.63, 3.8) is 0 Å². The van der Waals surface area contributed by atoms with E-state index in [4.69, 9.17) is 0 Å². The van der Waals surface area contributed by atoms with E-state index in [1.54, 1.807) is 0 Å². The maximum atomic E-state index is 3.62. The van der Waals surface area contributed by atoms with Gasteiger partial charge in [-0.2, -0.15) is 0 Å². The molecule has 0 aliphatic carbocycles. The number of hydrogen-bond donors (Lipinski definition) is 0. The summed E-state index contributed by atoms with van der Waals surface area (Å²) >= 11 is 3.62. The Hall–Kier alpha value is 1.17. The highest BCUT2D eigenvalue weighted by Crippen LogP contribution is 2.18. The summed E-state index contributed by atoms with van der Waals surface area (Å²) in [4.78, 5) is 0. The zero-order valence-corrected chi connectivity index (χ0v) is 20.7. The average molecular weight is 518 g/mol. The van der Waals surface area contributed by atoms with Gasteiger partial charge in [-0.3, -0.25) is 0 Å². The number of unbranched alkanes of at least 4 members (excludes halogenated alkanes) is 9. The molecular formula is C21H45BrIN. The molecule has 0 aromatic heterocycles. The van der Waals surface area contributed by atoms with E-state index in [9.17, 15) is 0 Å². The minimum Gasteiger partial charge on any atom is -1.00 e. The van der Waals surface area contributed by atoms with Crippen molar-refractivity contribution in [2.45, 2.75) is 104 Å². The molecule has 0 aliphatic heterocycles. The Balaban J connectivity index is 0. The van der Waals surface area contributed by atoms with Crippen LogP contribution in [0.2, 0.25) is 0 Å². The normalized spacial score (nSPS) is 11.5. The van der Waals surface area contributed by atoms with Crippen molar-refractivity contribution >= 4 is 15.9 Å². The smallest absolute Gasteiger partial charge is 0.0786 e. The fraction of sp³-hybridized carbons (Fsp3) is 1.00. The molecule has 0 saturated heterocycles. The Kier molecular flexibility index (Phi) is 23.4. The summed E-state index contributed by atoms with van der Waals surface area (Å²) in [6.07, 6.45) is 18.3. The largest absolute Gasteiger partial charge is 1.00 e. The third kappa shape index (κ3) is 15.4. The van der Waals surface area contributed by atoms with Crippen LogP contribution >= 0.6 is 15.9 Å². The molecule has 148 valence electrons. The maximum absolute atomic E-state index is 3.62. The van der Waals surface area contributed by atoms with E-state index in [1.807, 2.05) is 0 Å². The second-order valence-corrected chi connectivity index (χ2v) is 8.25. The second kappa shape index (κ2) is 20.5. The highest BCUT2D eigenvalue weighted by molar-refractivity contribution is 9.09. The van der Waals surface area contributed by atoms with Crippen LogP contribution in [0, 0.1) is 0 Å². The van der Waals surface area contributed by atoms with E-state index >= 15 is 0 Å². The molecule has 0 spiro atoms. The topological polar surface area (TPSA) is 0 Å². The van der Waals surface area contributed by atoms with Crippen LogP contribution in [0.5, 0.6) is 0 Å². The Bertz CT molecular complexity index is 212. The standard InChI is InChI=1S/C21H45BrN.HI/c1-4-7-10-14-19-23(18-13-9-6-3,21-16-12-17-22)20-15-11-8-5-2;/h4-21H2,1-3H3;1H/q+1;/p-1. The SMILES string of the molecule is CCCCCC[N+](CCCCC)(CCCCBr)CCCCCC.[I-]. The van der Waals surface area contributed by atoms with Crippen LogP contribution in [0.4, 0.5) is 0 Å². The van der Waals surface area contributed by atoms with Gasteiger partial charge in [-0.1, -0.05) is 68.8 Å². The Morgan fingerprint density at radius 1 is 0.500 bits per heavy atom. The first kappa shape index (κ1) is 27.4. The summed E-state index contributed by atoms with van der Waals surface area (Å²) in [6, 6.07) is 0. The van der Waals surface area contributed by atoms with Gasteiger partial charge in [0.25, 0.3) is 0 Å². The fourth-order valence-electron chi connectivity index (χ4n) is 3.66. The van der Waals surface area contributed by atoms with Crippen LogP contribution in [-0.4, -0.2) is 36.0 Å². The molecule has 0 N–H and O–H groups in total. The molecule has 24 heavy (non-hydrogen) atoms. The lowest BCUT2D eigenvalue weighted by molar-refractivity contribution is -0.929. The van der Waals surface area contributed by atoms with Gasteiger partial charge in [-0.25, -0.2) is 0 Å². The van der Waals surface area contributed by atoms with Crippen molar-refractivity contribution in [1.82, 2.24) is 0 Å². The lowest BCUT2D eigenvalue weighted by atomic mass is 10.1. The first-order valence-electron chi connectivity index (χ1n) is 10.7. The second-order valence-electron chi connectivity index (χ2n) is 7.46. The van der Waals surface area contributed by atoms with Gasteiger partial charge in [0, 0.05) is 5.33 Å². The van der Waals surface area contributed by atoms with Gasteiger partial charge in [-0.15, -0.1) is 0 Å². The summed E-state index contributed by atoms with van der Waals surface area (Å²) in [7, 11) is 0. The molecule has 0 saturated carbocycles. The van der Waals surface area contributed by atoms with Gasteiger partial charge in [0.2, 0.25) is 0 Å². The summed E-state index contributed by atoms with van der Waals surface area (Å²) < 4.78 is 1.43. The highest BCUT2D eigenvalue weighted by atomic mass is 127. The van der Waals surface area contributed by atoms with Gasteiger partial charge < -0.3 is 28.5 Å². The van der Waals surface area contributed by atoms with Crippen LogP contribution in [0.15, 0.2) is 0 Å². The van der Waals surface area contributed by atoms with E-state index in [0.717, 1.165) is 0 Å². The van der Waals surface area contributed by atoms with Crippen molar-refractivity contribution in [3.05, 3.63) is 0 Å². The van der Waals surface area contributed by atoms with Crippen LogP contribution in [0.1, 0.15) is 104 Å². The van der Waals surface area contributed by atoms with Crippen molar-refractivity contribution < 1.29 is 28.5 Å². The highest BCUT2D eigenvalue weighted by Gasteiger charge is 2.25. The monoisotopic (exact) mass is 517 g/mol. The lowest BCUT2D eigenvalue weighted by Gasteiger charge is -2.39. The first-order valence-corrected chi connectivity index (χ1v) is 11.8. The molecule has 0 radical (unpaired) electrons. The van der Waals surface area contributed by atoms with E-state index in [1.165, 1.54) is 119 Å². The number of halogens is 2. The van der Waals surface area contributed by atoms with E-state index in [0.29, 0.717) is 0 Å². The van der Waals surface area contributed by atoms with E-state index in [-0.39, 0.29) is 24.0 Å². The molecule has 0 fully saturated rings. The predicted octanol–water partition coefficient (Wildman–Crippen LogP) is 4.33. The summed E-state index contributed by atoms with van der Waals surface area (Å²) in [5, 5.41) is 1.17. The minimum atomic E-state index is 0. The molecule has 0 aromatic carbocycles. The molecule has 0 amide bonds. The quantitative estimate of drug-likeness (QED) is 0.110. The Morgan fingerprint density at radius 2 is 0.833 bits per heavy atom. The first-order chi connectivity index (χ1) is 11.2. The summed E-state index contributed by atoms with van der Waals surface area (Å²) in [6.45, 7) is 12.7. The number of hydrogen-bond acceptors (Lipinski definition) is 0. The zero-order valence-electron chi connectivity index (χ0n) is 16.9.